The van der Waals surface area contributed by atoms with Crippen LogP contribution < -0.4 is 5.73 Å². The Morgan fingerprint density at radius 2 is 1.94 bits per heavy atom. The summed E-state index contributed by atoms with van der Waals surface area (Å²) in [5.74, 6) is 0. The fraction of sp³-hybridized carbons (Fsp3) is 0.375. The molecule has 2 aromatic rings. The van der Waals surface area contributed by atoms with Crippen molar-refractivity contribution in [3.8, 4) is 0 Å². The van der Waals surface area contributed by atoms with Crippen molar-refractivity contribution in [1.82, 2.24) is 0 Å². The van der Waals surface area contributed by atoms with Crippen LogP contribution in [0, 0.1) is 0 Å². The topological polar surface area (TPSA) is 26.0 Å². The van der Waals surface area contributed by atoms with Gasteiger partial charge in [-0.2, -0.15) is 11.3 Å². The Morgan fingerprint density at radius 1 is 1.17 bits per heavy atom. The average Bonchev–Trinajstić information content (AvgIpc) is 2.95. The molecule has 96 valence electrons. The molecule has 0 spiro atoms. The van der Waals surface area contributed by atoms with Gasteiger partial charge in [-0.15, -0.1) is 0 Å². The van der Waals surface area contributed by atoms with Gasteiger partial charge in [0.25, 0.3) is 0 Å². The minimum absolute atomic E-state index is 0.128. The molecule has 18 heavy (non-hydrogen) atoms. The van der Waals surface area contributed by atoms with Gasteiger partial charge in [-0.05, 0) is 47.2 Å². The number of hydrogen-bond donors (Lipinski definition) is 1. The molecule has 2 rings (SSSR count). The molecule has 1 nitrogen and oxygen atoms in total. The summed E-state index contributed by atoms with van der Waals surface area (Å²) < 4.78 is 0. The third-order valence-corrected chi connectivity index (χ3v) is 4.66. The van der Waals surface area contributed by atoms with E-state index in [2.05, 4.69) is 54.1 Å². The molecule has 0 bridgehead atoms. The molecule has 0 amide bonds. The van der Waals surface area contributed by atoms with E-state index in [1.54, 1.807) is 11.3 Å². The third-order valence-electron chi connectivity index (χ3n) is 3.93. The summed E-state index contributed by atoms with van der Waals surface area (Å²) in [6.45, 7) is 2.96. The van der Waals surface area contributed by atoms with E-state index in [1.165, 1.54) is 11.1 Å². The molecule has 0 aliphatic rings. The van der Waals surface area contributed by atoms with Crippen molar-refractivity contribution in [3.63, 3.8) is 0 Å². The van der Waals surface area contributed by atoms with Crippen LogP contribution in [0.4, 0.5) is 0 Å². The number of rotatable bonds is 6. The van der Waals surface area contributed by atoms with Gasteiger partial charge in [0.05, 0.1) is 0 Å². The molecule has 1 aromatic heterocycles. The summed E-state index contributed by atoms with van der Waals surface area (Å²) in [5.41, 5.74) is 9.03. The molecule has 0 saturated carbocycles. The van der Waals surface area contributed by atoms with Gasteiger partial charge in [-0.25, -0.2) is 0 Å². The van der Waals surface area contributed by atoms with Crippen molar-refractivity contribution >= 4 is 11.3 Å². The summed E-state index contributed by atoms with van der Waals surface area (Å²) in [7, 11) is 0. The quantitative estimate of drug-likeness (QED) is 0.834. The molecule has 1 heterocycles. The zero-order valence-corrected chi connectivity index (χ0v) is 11.7. The Hall–Kier alpha value is -1.12. The Morgan fingerprint density at radius 3 is 2.50 bits per heavy atom. The van der Waals surface area contributed by atoms with Gasteiger partial charge < -0.3 is 5.73 Å². The third kappa shape index (κ3) is 2.82. The Kier molecular flexibility index (Phi) is 4.56. The molecule has 1 atom stereocenters. The molecule has 2 N–H and O–H groups in total. The minimum atomic E-state index is 0.128. The molecule has 0 radical (unpaired) electrons. The van der Waals surface area contributed by atoms with Crippen LogP contribution in [0.25, 0.3) is 0 Å². The highest BCUT2D eigenvalue weighted by molar-refractivity contribution is 7.07. The fourth-order valence-electron chi connectivity index (χ4n) is 2.50. The zero-order valence-electron chi connectivity index (χ0n) is 10.9. The van der Waals surface area contributed by atoms with Gasteiger partial charge in [-0.1, -0.05) is 37.3 Å². The first-order chi connectivity index (χ1) is 8.80. The van der Waals surface area contributed by atoms with Crippen molar-refractivity contribution in [2.24, 2.45) is 5.73 Å². The highest BCUT2D eigenvalue weighted by Gasteiger charge is 2.28. The van der Waals surface area contributed by atoms with Crippen LogP contribution in [-0.2, 0) is 11.8 Å². The van der Waals surface area contributed by atoms with E-state index in [4.69, 9.17) is 5.73 Å². The summed E-state index contributed by atoms with van der Waals surface area (Å²) in [6.07, 6.45) is 3.34. The first kappa shape index (κ1) is 13.3. The van der Waals surface area contributed by atoms with Crippen LogP contribution in [0.2, 0.25) is 0 Å². The van der Waals surface area contributed by atoms with Crippen LogP contribution in [0.1, 0.15) is 30.9 Å². The lowest BCUT2D eigenvalue weighted by molar-refractivity contribution is 0.389. The monoisotopic (exact) mass is 259 g/mol. The Balaban J connectivity index is 2.16. The van der Waals surface area contributed by atoms with Gasteiger partial charge in [-0.3, -0.25) is 0 Å². The summed E-state index contributed by atoms with van der Waals surface area (Å²) in [6, 6.07) is 12.9. The van der Waals surface area contributed by atoms with E-state index < -0.39 is 0 Å². The number of thiophene rings is 1. The lowest BCUT2D eigenvalue weighted by Gasteiger charge is -2.32. The molecular formula is C16H21NS. The van der Waals surface area contributed by atoms with E-state index in [9.17, 15) is 0 Å². The molecule has 0 fully saturated rings. The van der Waals surface area contributed by atoms with E-state index in [0.717, 1.165) is 25.8 Å². The molecule has 1 aromatic carbocycles. The van der Waals surface area contributed by atoms with Crippen LogP contribution in [0.15, 0.2) is 47.2 Å². The van der Waals surface area contributed by atoms with E-state index in [1.807, 2.05) is 0 Å². The van der Waals surface area contributed by atoms with Crippen LogP contribution in [-0.4, -0.2) is 6.54 Å². The average molecular weight is 259 g/mol. The van der Waals surface area contributed by atoms with Crippen molar-refractivity contribution in [3.05, 3.63) is 58.3 Å². The van der Waals surface area contributed by atoms with E-state index >= 15 is 0 Å². The standard InChI is InChI=1S/C16H21NS/c1-2-16(13-17,15-6-4-3-5-7-15)10-8-14-9-11-18-12-14/h3-7,9,11-12H,2,8,10,13,17H2,1H3. The maximum absolute atomic E-state index is 6.09. The Labute approximate surface area is 114 Å². The predicted octanol–water partition coefficient (Wildman–Crippen LogP) is 3.99. The second kappa shape index (κ2) is 6.17. The molecule has 0 aliphatic carbocycles. The smallest absolute Gasteiger partial charge is 0.00761 e. The first-order valence-electron chi connectivity index (χ1n) is 6.57. The Bertz CT molecular complexity index is 443. The SMILES string of the molecule is CCC(CN)(CCc1ccsc1)c1ccccc1. The van der Waals surface area contributed by atoms with Gasteiger partial charge >= 0.3 is 0 Å². The molecule has 2 heteroatoms. The second-order valence-electron chi connectivity index (χ2n) is 4.84. The second-order valence-corrected chi connectivity index (χ2v) is 5.62. The number of aryl methyl sites for hydroxylation is 1. The van der Waals surface area contributed by atoms with Crippen LogP contribution in [0.5, 0.6) is 0 Å². The maximum Gasteiger partial charge on any atom is 0.00761 e. The van der Waals surface area contributed by atoms with E-state index in [-0.39, 0.29) is 5.41 Å². The molecule has 0 saturated heterocycles. The number of nitrogens with two attached hydrogens (primary N) is 1. The van der Waals surface area contributed by atoms with Crippen LogP contribution in [0.3, 0.4) is 0 Å². The number of benzene rings is 1. The lowest BCUT2D eigenvalue weighted by atomic mass is 9.74. The molecular weight excluding hydrogens is 238 g/mol. The van der Waals surface area contributed by atoms with Crippen molar-refractivity contribution < 1.29 is 0 Å². The molecule has 1 unspecified atom stereocenters. The minimum Gasteiger partial charge on any atom is -0.330 e. The van der Waals surface area contributed by atoms with Gasteiger partial charge in [0.2, 0.25) is 0 Å². The highest BCUT2D eigenvalue weighted by atomic mass is 32.1. The van der Waals surface area contributed by atoms with Gasteiger partial charge in [0.15, 0.2) is 0 Å². The zero-order chi connectivity index (χ0) is 12.8. The summed E-state index contributed by atoms with van der Waals surface area (Å²) in [4.78, 5) is 0. The summed E-state index contributed by atoms with van der Waals surface area (Å²) >= 11 is 1.77. The number of hydrogen-bond acceptors (Lipinski definition) is 2. The maximum atomic E-state index is 6.09. The largest absolute Gasteiger partial charge is 0.330 e. The highest BCUT2D eigenvalue weighted by Crippen LogP contribution is 2.32. The first-order valence-corrected chi connectivity index (χ1v) is 7.52. The van der Waals surface area contributed by atoms with Crippen molar-refractivity contribution in [1.29, 1.82) is 0 Å². The van der Waals surface area contributed by atoms with Gasteiger partial charge in [0.1, 0.15) is 0 Å². The normalized spacial score (nSPS) is 14.3. The molecule has 0 aliphatic heterocycles. The lowest BCUT2D eigenvalue weighted by Crippen LogP contribution is -2.35. The van der Waals surface area contributed by atoms with Crippen molar-refractivity contribution in [2.45, 2.75) is 31.6 Å². The van der Waals surface area contributed by atoms with E-state index in [0.29, 0.717) is 0 Å². The predicted molar refractivity (Wildman–Crippen MR) is 80.1 cm³/mol. The summed E-state index contributed by atoms with van der Waals surface area (Å²) in [5, 5.41) is 4.38. The fourth-order valence-corrected chi connectivity index (χ4v) is 3.20. The van der Waals surface area contributed by atoms with Gasteiger partial charge in [0, 0.05) is 12.0 Å². The van der Waals surface area contributed by atoms with Crippen molar-refractivity contribution in [2.75, 3.05) is 6.54 Å². The van der Waals surface area contributed by atoms with Crippen LogP contribution >= 0.6 is 11.3 Å².